The Hall–Kier alpha value is -3.23. The predicted octanol–water partition coefficient (Wildman–Crippen LogP) is 5.00. The van der Waals surface area contributed by atoms with Crippen LogP contribution in [0.5, 0.6) is 0 Å². The van der Waals surface area contributed by atoms with Crippen molar-refractivity contribution in [3.63, 3.8) is 0 Å². The number of nitrogens with one attached hydrogen (secondary N) is 1. The second-order valence-corrected chi connectivity index (χ2v) is 7.62. The molecule has 6 nitrogen and oxygen atoms in total. The van der Waals surface area contributed by atoms with E-state index in [0.29, 0.717) is 16.4 Å². The highest BCUT2D eigenvalue weighted by molar-refractivity contribution is 7.98. The van der Waals surface area contributed by atoms with Gasteiger partial charge in [-0.05, 0) is 58.5 Å². The van der Waals surface area contributed by atoms with Crippen LogP contribution in [-0.2, 0) is 5.75 Å². The van der Waals surface area contributed by atoms with Gasteiger partial charge in [-0.3, -0.25) is 4.79 Å². The lowest BCUT2D eigenvalue weighted by Crippen LogP contribution is -2.12. The van der Waals surface area contributed by atoms with Gasteiger partial charge in [0.05, 0.1) is 16.4 Å². The molecular weight excluding hydrogens is 425 g/mol. The van der Waals surface area contributed by atoms with E-state index in [-0.39, 0.29) is 10.9 Å². The first-order valence-electron chi connectivity index (χ1n) is 8.92. The third-order valence-corrected chi connectivity index (χ3v) is 5.51. The fourth-order valence-electron chi connectivity index (χ4n) is 2.69. The number of rotatable bonds is 6. The molecule has 30 heavy (non-hydrogen) atoms. The minimum Gasteiger partial charge on any atom is -0.321 e. The van der Waals surface area contributed by atoms with Gasteiger partial charge < -0.3 is 5.32 Å². The highest BCUT2D eigenvalue weighted by Gasteiger charge is 2.12. The number of halogens is 2. The quantitative estimate of drug-likeness (QED) is 0.428. The number of carbonyl (C=O) groups is 1. The van der Waals surface area contributed by atoms with Gasteiger partial charge in [0, 0.05) is 11.3 Å². The highest BCUT2D eigenvalue weighted by Crippen LogP contribution is 2.24. The molecule has 0 aliphatic heterocycles. The lowest BCUT2D eigenvalue weighted by molar-refractivity contribution is 0.102. The molecule has 0 aliphatic rings. The topological polar surface area (TPSA) is 72.7 Å². The van der Waals surface area contributed by atoms with Gasteiger partial charge in [-0.1, -0.05) is 53.7 Å². The molecule has 4 aromatic rings. The van der Waals surface area contributed by atoms with E-state index in [1.54, 1.807) is 28.9 Å². The molecule has 0 saturated heterocycles. The van der Waals surface area contributed by atoms with Crippen LogP contribution in [0, 0.1) is 5.82 Å². The number of carbonyl (C=O) groups excluding carboxylic acids is 1. The molecule has 150 valence electrons. The summed E-state index contributed by atoms with van der Waals surface area (Å²) in [6.45, 7) is 0. The Morgan fingerprint density at radius 1 is 1.07 bits per heavy atom. The summed E-state index contributed by atoms with van der Waals surface area (Å²) < 4.78 is 14.8. The first-order valence-corrected chi connectivity index (χ1v) is 10.3. The van der Waals surface area contributed by atoms with Crippen molar-refractivity contribution in [3.05, 3.63) is 94.8 Å². The summed E-state index contributed by atoms with van der Waals surface area (Å²) in [5.41, 5.74) is 2.66. The average Bonchev–Trinajstić information content (AvgIpc) is 3.24. The SMILES string of the molecule is O=C(Nc1ccc(F)cc1Cl)c1ccc(-n2nnnc2SCc2ccccc2)cc1. The van der Waals surface area contributed by atoms with Crippen molar-refractivity contribution >= 4 is 35.0 Å². The molecular formula is C21H15ClFN5OS. The van der Waals surface area contributed by atoms with E-state index in [9.17, 15) is 9.18 Å². The molecule has 1 N–H and O–H groups in total. The number of hydrogen-bond donors (Lipinski definition) is 1. The molecule has 9 heteroatoms. The minimum absolute atomic E-state index is 0.133. The maximum Gasteiger partial charge on any atom is 0.255 e. The molecule has 4 rings (SSSR count). The zero-order valence-corrected chi connectivity index (χ0v) is 17.1. The fraction of sp³-hybridized carbons (Fsp3) is 0.0476. The molecule has 0 saturated carbocycles. The Labute approximate surface area is 181 Å². The van der Waals surface area contributed by atoms with Gasteiger partial charge in [-0.25, -0.2) is 4.39 Å². The summed E-state index contributed by atoms with van der Waals surface area (Å²) in [5.74, 6) is -0.0877. The molecule has 3 aromatic carbocycles. The number of nitrogens with zero attached hydrogens (tertiary/aromatic N) is 4. The highest BCUT2D eigenvalue weighted by atomic mass is 35.5. The summed E-state index contributed by atoms with van der Waals surface area (Å²) >= 11 is 7.48. The van der Waals surface area contributed by atoms with E-state index >= 15 is 0 Å². The van der Waals surface area contributed by atoms with Crippen LogP contribution in [0.15, 0.2) is 78.0 Å². The zero-order chi connectivity index (χ0) is 20.9. The van der Waals surface area contributed by atoms with Gasteiger partial charge in [-0.15, -0.1) is 5.10 Å². The van der Waals surface area contributed by atoms with Crippen LogP contribution in [0.4, 0.5) is 10.1 Å². The van der Waals surface area contributed by atoms with Crippen molar-refractivity contribution in [2.24, 2.45) is 0 Å². The summed E-state index contributed by atoms with van der Waals surface area (Å²) in [5, 5.41) is 15.3. The van der Waals surface area contributed by atoms with Crippen LogP contribution in [-0.4, -0.2) is 26.1 Å². The van der Waals surface area contributed by atoms with Crippen LogP contribution in [0.2, 0.25) is 5.02 Å². The second kappa shape index (κ2) is 9.06. The smallest absolute Gasteiger partial charge is 0.255 e. The Balaban J connectivity index is 1.46. The van der Waals surface area contributed by atoms with E-state index < -0.39 is 5.82 Å². The molecule has 0 spiro atoms. The number of benzene rings is 3. The van der Waals surface area contributed by atoms with Crippen molar-refractivity contribution in [1.29, 1.82) is 0 Å². The molecule has 0 unspecified atom stereocenters. The number of hydrogen-bond acceptors (Lipinski definition) is 5. The predicted molar refractivity (Wildman–Crippen MR) is 115 cm³/mol. The molecule has 0 fully saturated rings. The maximum absolute atomic E-state index is 13.2. The van der Waals surface area contributed by atoms with Gasteiger partial charge in [0.1, 0.15) is 5.82 Å². The molecule has 1 aromatic heterocycles. The number of amides is 1. The largest absolute Gasteiger partial charge is 0.321 e. The first kappa shape index (κ1) is 20.1. The van der Waals surface area contributed by atoms with E-state index in [4.69, 9.17) is 11.6 Å². The number of aromatic nitrogens is 4. The molecule has 0 aliphatic carbocycles. The van der Waals surface area contributed by atoms with Gasteiger partial charge in [0.15, 0.2) is 0 Å². The lowest BCUT2D eigenvalue weighted by atomic mass is 10.2. The zero-order valence-electron chi connectivity index (χ0n) is 15.5. The Kier molecular flexibility index (Phi) is 6.06. The third kappa shape index (κ3) is 4.67. The van der Waals surface area contributed by atoms with Crippen molar-refractivity contribution in [2.45, 2.75) is 10.9 Å². The van der Waals surface area contributed by atoms with Crippen molar-refractivity contribution in [3.8, 4) is 5.69 Å². The summed E-state index contributed by atoms with van der Waals surface area (Å²) in [4.78, 5) is 12.5. The van der Waals surface area contributed by atoms with Crippen molar-refractivity contribution in [1.82, 2.24) is 20.2 Å². The molecule has 1 amide bonds. The summed E-state index contributed by atoms with van der Waals surface area (Å²) in [7, 11) is 0. The lowest BCUT2D eigenvalue weighted by Gasteiger charge is -2.08. The maximum atomic E-state index is 13.2. The first-order chi connectivity index (χ1) is 14.6. The monoisotopic (exact) mass is 439 g/mol. The van der Waals surface area contributed by atoms with Crippen molar-refractivity contribution in [2.75, 3.05) is 5.32 Å². The standard InChI is InChI=1S/C21H15ClFN5OS/c22-18-12-16(23)8-11-19(18)24-20(29)15-6-9-17(10-7-15)28-21(25-26-27-28)30-13-14-4-2-1-3-5-14/h1-12H,13H2,(H,24,29). The summed E-state index contributed by atoms with van der Waals surface area (Å²) in [6.07, 6.45) is 0. The minimum atomic E-state index is -0.468. The average molecular weight is 440 g/mol. The Bertz CT molecular complexity index is 1170. The van der Waals surface area contributed by atoms with Crippen LogP contribution in [0.25, 0.3) is 5.69 Å². The molecule has 0 bridgehead atoms. The van der Waals surface area contributed by atoms with Crippen LogP contribution in [0.3, 0.4) is 0 Å². The van der Waals surface area contributed by atoms with Gasteiger partial charge >= 0.3 is 0 Å². The second-order valence-electron chi connectivity index (χ2n) is 6.27. The van der Waals surface area contributed by atoms with E-state index in [1.165, 1.54) is 29.5 Å². The Morgan fingerprint density at radius 3 is 2.57 bits per heavy atom. The number of thioether (sulfide) groups is 1. The van der Waals surface area contributed by atoms with Crippen LogP contribution in [0.1, 0.15) is 15.9 Å². The van der Waals surface area contributed by atoms with E-state index in [2.05, 4.69) is 20.8 Å². The normalized spacial score (nSPS) is 10.7. The van der Waals surface area contributed by atoms with Gasteiger partial charge in [-0.2, -0.15) is 4.68 Å². The van der Waals surface area contributed by atoms with E-state index in [0.717, 1.165) is 17.5 Å². The molecule has 1 heterocycles. The van der Waals surface area contributed by atoms with Crippen molar-refractivity contribution < 1.29 is 9.18 Å². The Morgan fingerprint density at radius 2 is 1.83 bits per heavy atom. The van der Waals surface area contributed by atoms with E-state index in [1.807, 2.05) is 30.3 Å². The summed E-state index contributed by atoms with van der Waals surface area (Å²) in [6, 6.07) is 20.7. The van der Waals surface area contributed by atoms with Crippen LogP contribution >= 0.6 is 23.4 Å². The van der Waals surface area contributed by atoms with Gasteiger partial charge in [0.25, 0.3) is 5.91 Å². The molecule has 0 radical (unpaired) electrons. The number of anilines is 1. The molecule has 0 atom stereocenters. The fourth-order valence-corrected chi connectivity index (χ4v) is 3.75. The third-order valence-electron chi connectivity index (χ3n) is 4.21. The van der Waals surface area contributed by atoms with Crippen LogP contribution < -0.4 is 5.32 Å². The van der Waals surface area contributed by atoms with Gasteiger partial charge in [0.2, 0.25) is 5.16 Å². The number of tetrazole rings is 1.